The van der Waals surface area contributed by atoms with Crippen molar-refractivity contribution in [3.05, 3.63) is 29.8 Å². The lowest BCUT2D eigenvalue weighted by Crippen LogP contribution is -2.36. The molecule has 96 valence electrons. The largest absolute Gasteiger partial charge is 0.497 e. The summed E-state index contributed by atoms with van der Waals surface area (Å²) in [7, 11) is 1.72. The molecule has 0 bridgehead atoms. The Morgan fingerprint density at radius 2 is 2.06 bits per heavy atom. The Hall–Kier alpha value is -1.02. The summed E-state index contributed by atoms with van der Waals surface area (Å²) in [5.41, 5.74) is 1.34. The van der Waals surface area contributed by atoms with Gasteiger partial charge in [0.05, 0.1) is 7.11 Å². The fraction of sp³-hybridized carbons (Fsp3) is 0.600. The highest BCUT2D eigenvalue weighted by atomic mass is 16.5. The lowest BCUT2D eigenvalue weighted by atomic mass is 9.96. The van der Waals surface area contributed by atoms with Gasteiger partial charge in [-0.15, -0.1) is 0 Å². The average Bonchev–Trinajstić information content (AvgIpc) is 2.34. The molecule has 1 aromatic carbocycles. The molecule has 0 aromatic heterocycles. The molecule has 0 aliphatic rings. The van der Waals surface area contributed by atoms with Crippen molar-refractivity contribution >= 4 is 0 Å². The van der Waals surface area contributed by atoms with Crippen molar-refractivity contribution in [1.29, 1.82) is 0 Å². The first-order valence-electron chi connectivity index (χ1n) is 6.53. The summed E-state index contributed by atoms with van der Waals surface area (Å²) < 4.78 is 5.26. The van der Waals surface area contributed by atoms with E-state index in [1.807, 2.05) is 6.07 Å². The summed E-state index contributed by atoms with van der Waals surface area (Å²) in [6, 6.07) is 8.90. The van der Waals surface area contributed by atoms with E-state index in [-0.39, 0.29) is 0 Å². The van der Waals surface area contributed by atoms with E-state index in [4.69, 9.17) is 4.74 Å². The Morgan fingerprint density at radius 3 is 2.65 bits per heavy atom. The summed E-state index contributed by atoms with van der Waals surface area (Å²) in [6.07, 6.45) is 2.25. The smallest absolute Gasteiger partial charge is 0.119 e. The molecule has 0 heterocycles. The second kappa shape index (κ2) is 7.33. The van der Waals surface area contributed by atoms with E-state index in [1.165, 1.54) is 12.0 Å². The second-order valence-electron chi connectivity index (χ2n) is 4.86. The third-order valence-electron chi connectivity index (χ3n) is 3.05. The molecule has 1 atom stereocenters. The van der Waals surface area contributed by atoms with Crippen LogP contribution in [0, 0.1) is 5.92 Å². The van der Waals surface area contributed by atoms with Crippen molar-refractivity contribution in [2.75, 3.05) is 13.7 Å². The Morgan fingerprint density at radius 1 is 1.29 bits per heavy atom. The van der Waals surface area contributed by atoms with Gasteiger partial charge in [-0.25, -0.2) is 0 Å². The molecular weight excluding hydrogens is 210 g/mol. The molecule has 0 radical (unpaired) electrons. The van der Waals surface area contributed by atoms with Gasteiger partial charge in [-0.1, -0.05) is 32.9 Å². The molecule has 0 fully saturated rings. The second-order valence-corrected chi connectivity index (χ2v) is 4.86. The zero-order chi connectivity index (χ0) is 12.7. The number of hydrogen-bond acceptors (Lipinski definition) is 2. The highest BCUT2D eigenvalue weighted by molar-refractivity contribution is 5.29. The zero-order valence-electron chi connectivity index (χ0n) is 11.5. The van der Waals surface area contributed by atoms with Crippen molar-refractivity contribution in [3.8, 4) is 5.75 Å². The van der Waals surface area contributed by atoms with E-state index in [0.29, 0.717) is 12.0 Å². The minimum Gasteiger partial charge on any atom is -0.497 e. The highest BCUT2D eigenvalue weighted by Gasteiger charge is 2.13. The zero-order valence-corrected chi connectivity index (χ0v) is 11.5. The molecule has 0 aliphatic carbocycles. The van der Waals surface area contributed by atoms with Crippen LogP contribution in [0.25, 0.3) is 0 Å². The molecule has 1 aromatic rings. The minimum absolute atomic E-state index is 0.544. The van der Waals surface area contributed by atoms with Crippen molar-refractivity contribution in [1.82, 2.24) is 5.32 Å². The molecule has 17 heavy (non-hydrogen) atoms. The molecule has 1 N–H and O–H groups in total. The van der Waals surface area contributed by atoms with Gasteiger partial charge in [0.25, 0.3) is 0 Å². The monoisotopic (exact) mass is 235 g/mol. The number of methoxy groups -OCH3 is 1. The van der Waals surface area contributed by atoms with E-state index in [0.717, 1.165) is 18.7 Å². The molecule has 1 rings (SSSR count). The van der Waals surface area contributed by atoms with Crippen molar-refractivity contribution in [3.63, 3.8) is 0 Å². The lowest BCUT2D eigenvalue weighted by molar-refractivity contribution is 0.394. The van der Waals surface area contributed by atoms with Crippen LogP contribution in [0.5, 0.6) is 5.75 Å². The third-order valence-corrected chi connectivity index (χ3v) is 3.05. The number of benzene rings is 1. The molecule has 1 unspecified atom stereocenters. The van der Waals surface area contributed by atoms with Gasteiger partial charge in [0.1, 0.15) is 5.75 Å². The van der Waals surface area contributed by atoms with Crippen molar-refractivity contribution < 1.29 is 4.74 Å². The minimum atomic E-state index is 0.544. The standard InChI is InChI=1S/C15H25NO/c1-5-9-16-15(12(2)3)11-13-7-6-8-14(10-13)17-4/h6-8,10,12,15-16H,5,9,11H2,1-4H3. The van der Waals surface area contributed by atoms with Crippen LogP contribution in [-0.2, 0) is 6.42 Å². The molecule has 0 spiro atoms. The Labute approximate surface area is 105 Å². The number of nitrogens with one attached hydrogen (secondary N) is 1. The third kappa shape index (κ3) is 4.78. The maximum absolute atomic E-state index is 5.26. The topological polar surface area (TPSA) is 21.3 Å². The van der Waals surface area contributed by atoms with E-state index in [1.54, 1.807) is 7.11 Å². The molecule has 0 saturated heterocycles. The fourth-order valence-electron chi connectivity index (χ4n) is 1.93. The SMILES string of the molecule is CCCNC(Cc1cccc(OC)c1)C(C)C. The van der Waals surface area contributed by atoms with Crippen LogP contribution in [0.2, 0.25) is 0 Å². The van der Waals surface area contributed by atoms with Crippen LogP contribution in [0.3, 0.4) is 0 Å². The molecule has 0 aliphatic heterocycles. The predicted octanol–water partition coefficient (Wildman–Crippen LogP) is 3.26. The van der Waals surface area contributed by atoms with E-state index >= 15 is 0 Å². The van der Waals surface area contributed by atoms with Gasteiger partial charge >= 0.3 is 0 Å². The van der Waals surface area contributed by atoms with Crippen LogP contribution in [0.1, 0.15) is 32.8 Å². The molecular formula is C15H25NO. The molecule has 0 saturated carbocycles. The van der Waals surface area contributed by atoms with E-state index in [9.17, 15) is 0 Å². The maximum Gasteiger partial charge on any atom is 0.119 e. The first-order chi connectivity index (χ1) is 8.17. The maximum atomic E-state index is 5.26. The van der Waals surface area contributed by atoms with Gasteiger partial charge in [0, 0.05) is 6.04 Å². The summed E-state index contributed by atoms with van der Waals surface area (Å²) in [4.78, 5) is 0. The van der Waals surface area contributed by atoms with Crippen LogP contribution < -0.4 is 10.1 Å². The quantitative estimate of drug-likeness (QED) is 0.783. The Bertz CT molecular complexity index is 322. The van der Waals surface area contributed by atoms with Gasteiger partial charge in [-0.2, -0.15) is 0 Å². The number of rotatable bonds is 7. The van der Waals surface area contributed by atoms with Crippen LogP contribution in [0.4, 0.5) is 0 Å². The van der Waals surface area contributed by atoms with Crippen molar-refractivity contribution in [2.45, 2.75) is 39.7 Å². The Balaban J connectivity index is 2.64. The first-order valence-corrected chi connectivity index (χ1v) is 6.53. The first kappa shape index (κ1) is 14.0. The van der Waals surface area contributed by atoms with Gasteiger partial charge in [0.2, 0.25) is 0 Å². The summed E-state index contributed by atoms with van der Waals surface area (Å²) in [5, 5.41) is 3.61. The van der Waals surface area contributed by atoms with Gasteiger partial charge in [0.15, 0.2) is 0 Å². The summed E-state index contributed by atoms with van der Waals surface area (Å²) in [5.74, 6) is 1.59. The number of ether oxygens (including phenoxy) is 1. The molecule has 2 heteroatoms. The van der Waals surface area contributed by atoms with Gasteiger partial charge < -0.3 is 10.1 Å². The fourth-order valence-corrected chi connectivity index (χ4v) is 1.93. The Kier molecular flexibility index (Phi) is 6.06. The average molecular weight is 235 g/mol. The highest BCUT2D eigenvalue weighted by Crippen LogP contribution is 2.16. The predicted molar refractivity (Wildman–Crippen MR) is 73.6 cm³/mol. The normalized spacial score (nSPS) is 12.8. The van der Waals surface area contributed by atoms with E-state index < -0.39 is 0 Å². The molecule has 2 nitrogen and oxygen atoms in total. The van der Waals surface area contributed by atoms with E-state index in [2.05, 4.69) is 44.3 Å². The summed E-state index contributed by atoms with van der Waals surface area (Å²) >= 11 is 0. The number of hydrogen-bond donors (Lipinski definition) is 1. The van der Waals surface area contributed by atoms with Crippen LogP contribution in [0.15, 0.2) is 24.3 Å². The lowest BCUT2D eigenvalue weighted by Gasteiger charge is -2.22. The summed E-state index contributed by atoms with van der Waals surface area (Å²) in [6.45, 7) is 7.84. The van der Waals surface area contributed by atoms with Crippen molar-refractivity contribution in [2.24, 2.45) is 5.92 Å². The van der Waals surface area contributed by atoms with Crippen LogP contribution >= 0.6 is 0 Å². The molecule has 0 amide bonds. The van der Waals surface area contributed by atoms with Crippen LogP contribution in [-0.4, -0.2) is 19.7 Å². The van der Waals surface area contributed by atoms with Gasteiger partial charge in [-0.05, 0) is 43.0 Å². The van der Waals surface area contributed by atoms with Gasteiger partial charge in [-0.3, -0.25) is 0 Å².